The normalized spacial score (nSPS) is 11.9. The van der Waals surface area contributed by atoms with Gasteiger partial charge < -0.3 is 14.0 Å². The molecule has 0 saturated heterocycles. The SMILES string of the molecule is CCCCN(C=Nc1ncnc2c1ncn2CP(=O)(c1ccccc1)c1ccccc1)CCCC. The van der Waals surface area contributed by atoms with Crippen LogP contribution in [0.4, 0.5) is 5.82 Å². The zero-order valence-corrected chi connectivity index (χ0v) is 21.4. The molecule has 0 atom stereocenters. The van der Waals surface area contributed by atoms with Crippen molar-refractivity contribution in [3.8, 4) is 0 Å². The molecule has 0 saturated carbocycles. The molecule has 4 aromatic rings. The topological polar surface area (TPSA) is 76.3 Å². The number of aliphatic imine (C=N–C) groups is 1. The van der Waals surface area contributed by atoms with Crippen LogP contribution in [0.1, 0.15) is 39.5 Å². The van der Waals surface area contributed by atoms with Crippen LogP contribution < -0.4 is 10.6 Å². The molecule has 0 bridgehead atoms. The molecule has 2 heterocycles. The van der Waals surface area contributed by atoms with E-state index in [0.29, 0.717) is 17.0 Å². The van der Waals surface area contributed by atoms with E-state index in [1.807, 2.05) is 71.6 Å². The number of unbranched alkanes of at least 4 members (excludes halogenated alkanes) is 2. The molecule has 0 aliphatic heterocycles. The minimum Gasteiger partial charge on any atom is -0.363 e. The molecule has 35 heavy (non-hydrogen) atoms. The smallest absolute Gasteiger partial charge is 0.184 e. The van der Waals surface area contributed by atoms with Crippen LogP contribution in [0.2, 0.25) is 0 Å². The first kappa shape index (κ1) is 24.8. The van der Waals surface area contributed by atoms with Crippen molar-refractivity contribution in [1.29, 1.82) is 0 Å². The highest BCUT2D eigenvalue weighted by molar-refractivity contribution is 7.77. The van der Waals surface area contributed by atoms with E-state index in [1.54, 1.807) is 6.33 Å². The quantitative estimate of drug-likeness (QED) is 0.152. The Labute approximate surface area is 207 Å². The van der Waals surface area contributed by atoms with Crippen LogP contribution in [0.5, 0.6) is 0 Å². The molecular formula is C27H33N6OP. The first-order valence-corrected chi connectivity index (χ1v) is 14.2. The number of hydrogen-bond acceptors (Lipinski definition) is 5. The standard InChI is InChI=1S/C27H33N6OP/c1-3-5-17-32(18-6-4-2)20-31-26-25-27(29-19-28-26)33(21-30-25)22-35(34,23-13-9-7-10-14-23)24-15-11-8-12-16-24/h7-16,19-21H,3-6,17-18,22H2,1-2H3. The lowest BCUT2D eigenvalue weighted by atomic mass is 10.3. The van der Waals surface area contributed by atoms with Gasteiger partial charge >= 0.3 is 0 Å². The monoisotopic (exact) mass is 488 g/mol. The Morgan fingerprint density at radius 1 is 0.886 bits per heavy atom. The zero-order valence-electron chi connectivity index (χ0n) is 20.5. The number of imidazole rings is 1. The fraction of sp³-hybridized carbons (Fsp3) is 0.333. The summed E-state index contributed by atoms with van der Waals surface area (Å²) < 4.78 is 16.4. The molecule has 0 fully saturated rings. The second kappa shape index (κ2) is 11.9. The van der Waals surface area contributed by atoms with Crippen LogP contribution in [0.15, 0.2) is 78.3 Å². The Morgan fingerprint density at radius 3 is 2.06 bits per heavy atom. The van der Waals surface area contributed by atoms with Crippen molar-refractivity contribution >= 4 is 41.1 Å². The lowest BCUT2D eigenvalue weighted by Crippen LogP contribution is -2.24. The summed E-state index contributed by atoms with van der Waals surface area (Å²) in [6, 6.07) is 19.3. The highest BCUT2D eigenvalue weighted by Crippen LogP contribution is 2.45. The molecular weight excluding hydrogens is 455 g/mol. The van der Waals surface area contributed by atoms with E-state index in [2.05, 4.69) is 38.7 Å². The van der Waals surface area contributed by atoms with Gasteiger partial charge in [-0.25, -0.2) is 19.9 Å². The van der Waals surface area contributed by atoms with Crippen molar-refractivity contribution in [3.05, 3.63) is 73.3 Å². The van der Waals surface area contributed by atoms with Crippen LogP contribution >= 0.6 is 7.14 Å². The van der Waals surface area contributed by atoms with Gasteiger partial charge in [-0.1, -0.05) is 87.4 Å². The third-order valence-electron chi connectivity index (χ3n) is 6.02. The van der Waals surface area contributed by atoms with Crippen LogP contribution in [-0.2, 0) is 10.9 Å². The Bertz CT molecular complexity index is 1240. The number of rotatable bonds is 12. The fourth-order valence-corrected chi connectivity index (χ4v) is 6.59. The van der Waals surface area contributed by atoms with E-state index in [0.717, 1.165) is 49.4 Å². The molecule has 7 nitrogen and oxygen atoms in total. The predicted octanol–water partition coefficient (Wildman–Crippen LogP) is 5.36. The molecule has 8 heteroatoms. The van der Waals surface area contributed by atoms with Crippen LogP contribution in [0.25, 0.3) is 11.2 Å². The molecule has 2 aromatic carbocycles. The van der Waals surface area contributed by atoms with Gasteiger partial charge in [-0.2, -0.15) is 0 Å². The Balaban J connectivity index is 1.67. The van der Waals surface area contributed by atoms with Crippen molar-refractivity contribution in [3.63, 3.8) is 0 Å². The molecule has 0 N–H and O–H groups in total. The van der Waals surface area contributed by atoms with Gasteiger partial charge in [0.15, 0.2) is 24.1 Å². The van der Waals surface area contributed by atoms with Crippen molar-refractivity contribution in [2.75, 3.05) is 13.1 Å². The minimum atomic E-state index is -2.97. The number of hydrogen-bond donors (Lipinski definition) is 0. The first-order valence-electron chi connectivity index (χ1n) is 12.3. The minimum absolute atomic E-state index is 0.261. The molecule has 0 spiro atoms. The third kappa shape index (κ3) is 5.85. The number of fused-ring (bicyclic) bond motifs is 1. The van der Waals surface area contributed by atoms with Gasteiger partial charge in [-0.15, -0.1) is 0 Å². The van der Waals surface area contributed by atoms with E-state index >= 15 is 0 Å². The third-order valence-corrected chi connectivity index (χ3v) is 8.99. The lowest BCUT2D eigenvalue weighted by molar-refractivity contribution is 0.409. The van der Waals surface area contributed by atoms with Crippen molar-refractivity contribution in [1.82, 2.24) is 24.4 Å². The van der Waals surface area contributed by atoms with Gasteiger partial charge in [-0.3, -0.25) is 0 Å². The van der Waals surface area contributed by atoms with Crippen molar-refractivity contribution in [2.24, 2.45) is 4.99 Å². The van der Waals surface area contributed by atoms with E-state index in [-0.39, 0.29) is 6.29 Å². The molecule has 182 valence electrons. The molecule has 0 aliphatic rings. The maximum Gasteiger partial charge on any atom is 0.184 e. The molecule has 0 radical (unpaired) electrons. The summed E-state index contributed by atoms with van der Waals surface area (Å²) in [5.41, 5.74) is 1.25. The lowest BCUT2D eigenvalue weighted by Gasteiger charge is -2.20. The fourth-order valence-electron chi connectivity index (χ4n) is 4.02. The molecule has 0 unspecified atom stereocenters. The van der Waals surface area contributed by atoms with Crippen molar-refractivity contribution < 1.29 is 4.57 Å². The van der Waals surface area contributed by atoms with E-state index < -0.39 is 7.14 Å². The number of nitrogens with zero attached hydrogens (tertiary/aromatic N) is 6. The van der Waals surface area contributed by atoms with Gasteiger partial charge in [0.2, 0.25) is 0 Å². The molecule has 2 aromatic heterocycles. The van der Waals surface area contributed by atoms with Crippen molar-refractivity contribution in [2.45, 2.75) is 45.8 Å². The first-order chi connectivity index (χ1) is 17.2. The van der Waals surface area contributed by atoms with Crippen LogP contribution in [0.3, 0.4) is 0 Å². The Morgan fingerprint density at radius 2 is 1.49 bits per heavy atom. The summed E-state index contributed by atoms with van der Waals surface area (Å²) in [6.45, 7) is 6.33. The second-order valence-corrected chi connectivity index (χ2v) is 11.4. The summed E-state index contributed by atoms with van der Waals surface area (Å²) in [5.74, 6) is 0.529. The summed E-state index contributed by atoms with van der Waals surface area (Å²) in [6.07, 6.45) is 9.87. The van der Waals surface area contributed by atoms with Gasteiger partial charge in [-0.05, 0) is 12.8 Å². The van der Waals surface area contributed by atoms with Gasteiger partial charge in [0, 0.05) is 23.7 Å². The maximum atomic E-state index is 14.5. The van der Waals surface area contributed by atoms with E-state index in [9.17, 15) is 4.57 Å². The van der Waals surface area contributed by atoms with Crippen LogP contribution in [0, 0.1) is 0 Å². The van der Waals surface area contributed by atoms with E-state index in [4.69, 9.17) is 0 Å². The number of benzene rings is 2. The summed E-state index contributed by atoms with van der Waals surface area (Å²) in [4.78, 5) is 20.4. The summed E-state index contributed by atoms with van der Waals surface area (Å²) in [7, 11) is -2.97. The highest BCUT2D eigenvalue weighted by Gasteiger charge is 2.28. The highest BCUT2D eigenvalue weighted by atomic mass is 31.2. The van der Waals surface area contributed by atoms with Gasteiger partial charge in [0.25, 0.3) is 0 Å². The molecule has 0 amide bonds. The van der Waals surface area contributed by atoms with Gasteiger partial charge in [0.05, 0.1) is 19.0 Å². The summed E-state index contributed by atoms with van der Waals surface area (Å²) >= 11 is 0. The average Bonchev–Trinajstić information content (AvgIpc) is 3.32. The van der Waals surface area contributed by atoms with Gasteiger partial charge in [0.1, 0.15) is 6.33 Å². The Kier molecular flexibility index (Phi) is 8.43. The van der Waals surface area contributed by atoms with E-state index in [1.165, 1.54) is 6.33 Å². The predicted molar refractivity (Wildman–Crippen MR) is 145 cm³/mol. The summed E-state index contributed by atoms with van der Waals surface area (Å²) in [5, 5.41) is 1.62. The van der Waals surface area contributed by atoms with Crippen LogP contribution in [-0.4, -0.2) is 43.8 Å². The molecule has 4 rings (SSSR count). The zero-order chi connectivity index (χ0) is 24.5. The average molecular weight is 489 g/mol. The second-order valence-electron chi connectivity index (χ2n) is 8.62. The number of aromatic nitrogens is 4. The largest absolute Gasteiger partial charge is 0.363 e. The maximum absolute atomic E-state index is 14.5. The Hall–Kier alpha value is -3.31. The molecule has 0 aliphatic carbocycles.